The second kappa shape index (κ2) is 8.58. The van der Waals surface area contributed by atoms with Gasteiger partial charge >= 0.3 is 5.97 Å². The van der Waals surface area contributed by atoms with E-state index >= 15 is 0 Å². The third-order valence-electron chi connectivity index (χ3n) is 3.72. The molecule has 2 rings (SSSR count). The van der Waals surface area contributed by atoms with E-state index in [1.165, 1.54) is 31.2 Å². The van der Waals surface area contributed by atoms with Crippen LogP contribution in [0.5, 0.6) is 0 Å². The van der Waals surface area contributed by atoms with Crippen LogP contribution in [0.1, 0.15) is 28.4 Å². The third kappa shape index (κ3) is 5.23. The van der Waals surface area contributed by atoms with Crippen molar-refractivity contribution in [2.75, 3.05) is 6.54 Å². The number of nitrogens with zero attached hydrogens (tertiary/aromatic N) is 1. The smallest absolute Gasteiger partial charge is 0.321 e. The minimum absolute atomic E-state index is 0.0405. The van der Waals surface area contributed by atoms with Crippen LogP contribution in [0.3, 0.4) is 0 Å². The molecule has 0 amide bonds. The molecule has 140 valence electrons. The summed E-state index contributed by atoms with van der Waals surface area (Å²) in [4.78, 5) is 23.9. The predicted molar refractivity (Wildman–Crippen MR) is 97.4 cm³/mol. The molecule has 0 saturated heterocycles. The zero-order chi connectivity index (χ0) is 20.0. The van der Waals surface area contributed by atoms with Gasteiger partial charge in [-0.05, 0) is 26.0 Å². The molecule has 2 aromatic carbocycles. The molecule has 0 radical (unpaired) electrons. The molecule has 1 N–H and O–H groups in total. The van der Waals surface area contributed by atoms with E-state index in [2.05, 4.69) is 4.72 Å². The van der Waals surface area contributed by atoms with Crippen LogP contribution in [0.2, 0.25) is 0 Å². The summed E-state index contributed by atoms with van der Waals surface area (Å²) in [6, 6.07) is 14.2. The van der Waals surface area contributed by atoms with Crippen LogP contribution >= 0.6 is 0 Å². The van der Waals surface area contributed by atoms with Gasteiger partial charge in [-0.15, -0.1) is 0 Å². The van der Waals surface area contributed by atoms with Crippen LogP contribution in [-0.4, -0.2) is 32.8 Å². The van der Waals surface area contributed by atoms with E-state index < -0.39 is 28.6 Å². The Morgan fingerprint density at radius 1 is 1.15 bits per heavy atom. The summed E-state index contributed by atoms with van der Waals surface area (Å²) < 4.78 is 31.6. The Hall–Kier alpha value is -3.02. The van der Waals surface area contributed by atoms with Crippen molar-refractivity contribution in [3.8, 4) is 6.07 Å². The molecule has 0 unspecified atom stereocenters. The highest BCUT2D eigenvalue weighted by molar-refractivity contribution is 7.89. The maximum absolute atomic E-state index is 12.3. The van der Waals surface area contributed by atoms with Crippen LogP contribution in [0.25, 0.3) is 0 Å². The molecule has 1 atom stereocenters. The molecule has 0 spiro atoms. The van der Waals surface area contributed by atoms with Crippen molar-refractivity contribution >= 4 is 21.8 Å². The number of esters is 1. The first-order valence-electron chi connectivity index (χ1n) is 8.04. The van der Waals surface area contributed by atoms with Crippen molar-refractivity contribution in [1.29, 1.82) is 5.26 Å². The molecule has 8 heteroatoms. The lowest BCUT2D eigenvalue weighted by molar-refractivity contribution is -0.144. The van der Waals surface area contributed by atoms with E-state index in [0.29, 0.717) is 5.56 Å². The van der Waals surface area contributed by atoms with E-state index in [4.69, 9.17) is 10.00 Å². The zero-order valence-electron chi connectivity index (χ0n) is 14.8. The average Bonchev–Trinajstić information content (AvgIpc) is 2.66. The van der Waals surface area contributed by atoms with E-state index in [1.807, 2.05) is 6.92 Å². The van der Waals surface area contributed by atoms with E-state index in [0.717, 1.165) is 5.56 Å². The summed E-state index contributed by atoms with van der Waals surface area (Å²) in [5.74, 6) is -1.29. The van der Waals surface area contributed by atoms with Gasteiger partial charge in [-0.3, -0.25) is 9.59 Å². The van der Waals surface area contributed by atoms with Gasteiger partial charge in [0, 0.05) is 5.56 Å². The Bertz CT molecular complexity index is 992. The standard InChI is InChI=1S/C19H18N2O5S/c1-13-7-9-15(10-8-13)19(23)14(2)26-18(22)12-21-27(24,25)17-6-4-3-5-16(17)11-20/h3-10,14,21H,12H2,1-2H3/t14-/m1/s1. The lowest BCUT2D eigenvalue weighted by Crippen LogP contribution is -2.34. The highest BCUT2D eigenvalue weighted by atomic mass is 32.2. The number of nitrogens with one attached hydrogen (secondary N) is 1. The number of Topliss-reactive ketones (excluding diaryl/α,β-unsaturated/α-hetero) is 1. The maximum atomic E-state index is 12.3. The second-order valence-electron chi connectivity index (χ2n) is 5.79. The molecule has 0 aliphatic carbocycles. The van der Waals surface area contributed by atoms with Crippen LogP contribution in [0, 0.1) is 18.3 Å². The van der Waals surface area contributed by atoms with Crippen LogP contribution in [0.15, 0.2) is 53.4 Å². The number of hydrogen-bond donors (Lipinski definition) is 1. The SMILES string of the molecule is Cc1ccc(C(=O)[C@@H](C)OC(=O)CNS(=O)(=O)c2ccccc2C#N)cc1. The fraction of sp³-hybridized carbons (Fsp3) is 0.211. The number of nitriles is 1. The summed E-state index contributed by atoms with van der Waals surface area (Å²) >= 11 is 0. The summed E-state index contributed by atoms with van der Waals surface area (Å²) in [7, 11) is -4.07. The summed E-state index contributed by atoms with van der Waals surface area (Å²) in [5.41, 5.74) is 1.34. The van der Waals surface area contributed by atoms with Gasteiger partial charge in [0.1, 0.15) is 12.6 Å². The molecule has 0 aromatic heterocycles. The average molecular weight is 386 g/mol. The van der Waals surface area contributed by atoms with Crippen molar-refractivity contribution in [3.05, 3.63) is 65.2 Å². The van der Waals surface area contributed by atoms with Crippen molar-refractivity contribution in [2.45, 2.75) is 24.8 Å². The van der Waals surface area contributed by atoms with E-state index in [9.17, 15) is 18.0 Å². The van der Waals surface area contributed by atoms with Crippen molar-refractivity contribution < 1.29 is 22.7 Å². The first kappa shape index (κ1) is 20.3. The topological polar surface area (TPSA) is 113 Å². The number of ketones is 1. The Morgan fingerprint density at radius 3 is 2.41 bits per heavy atom. The second-order valence-corrected chi connectivity index (χ2v) is 7.53. The predicted octanol–water partition coefficient (Wildman–Crippen LogP) is 1.96. The number of benzene rings is 2. The molecule has 0 bridgehead atoms. The van der Waals surface area contributed by atoms with Gasteiger partial charge in [-0.25, -0.2) is 8.42 Å². The Kier molecular flexibility index (Phi) is 6.45. The van der Waals surface area contributed by atoms with Crippen LogP contribution in [-0.2, 0) is 19.6 Å². The Morgan fingerprint density at radius 2 is 1.78 bits per heavy atom. The van der Waals surface area contributed by atoms with Gasteiger partial charge in [0.15, 0.2) is 6.10 Å². The van der Waals surface area contributed by atoms with Gasteiger partial charge in [-0.1, -0.05) is 42.0 Å². The first-order chi connectivity index (χ1) is 12.7. The highest BCUT2D eigenvalue weighted by Crippen LogP contribution is 2.14. The van der Waals surface area contributed by atoms with Crippen LogP contribution in [0.4, 0.5) is 0 Å². The third-order valence-corrected chi connectivity index (χ3v) is 5.18. The molecule has 0 fully saturated rings. The van der Waals surface area contributed by atoms with Gasteiger partial charge in [0.2, 0.25) is 15.8 Å². The Balaban J connectivity index is 1.98. The molecule has 2 aromatic rings. The zero-order valence-corrected chi connectivity index (χ0v) is 15.6. The van der Waals surface area contributed by atoms with Gasteiger partial charge in [0.25, 0.3) is 0 Å². The van der Waals surface area contributed by atoms with Gasteiger partial charge < -0.3 is 4.74 Å². The Labute approximate surface area is 157 Å². The normalized spacial score (nSPS) is 12.0. The number of ether oxygens (including phenoxy) is 1. The first-order valence-corrected chi connectivity index (χ1v) is 9.52. The fourth-order valence-corrected chi connectivity index (χ4v) is 3.39. The molecule has 0 aliphatic rings. The minimum atomic E-state index is -4.07. The van der Waals surface area contributed by atoms with Crippen molar-refractivity contribution in [2.24, 2.45) is 0 Å². The number of aryl methyl sites for hydroxylation is 1. The lowest BCUT2D eigenvalue weighted by atomic mass is 10.1. The van der Waals surface area contributed by atoms with Crippen LogP contribution < -0.4 is 4.72 Å². The molecule has 0 aliphatic heterocycles. The quantitative estimate of drug-likeness (QED) is 0.575. The summed E-state index contributed by atoms with van der Waals surface area (Å²) in [6.07, 6.45) is -1.06. The number of carbonyl (C=O) groups is 2. The van der Waals surface area contributed by atoms with Crippen molar-refractivity contribution in [3.63, 3.8) is 0 Å². The highest BCUT2D eigenvalue weighted by Gasteiger charge is 2.22. The van der Waals surface area contributed by atoms with Gasteiger partial charge in [-0.2, -0.15) is 9.98 Å². The molecule has 0 saturated carbocycles. The molecular weight excluding hydrogens is 368 g/mol. The number of hydrogen-bond acceptors (Lipinski definition) is 6. The van der Waals surface area contributed by atoms with E-state index in [-0.39, 0.29) is 16.2 Å². The monoisotopic (exact) mass is 386 g/mol. The summed E-state index contributed by atoms with van der Waals surface area (Å²) in [6.45, 7) is 2.64. The fourth-order valence-electron chi connectivity index (χ4n) is 2.27. The molecular formula is C19H18N2O5S. The summed E-state index contributed by atoms with van der Waals surface area (Å²) in [5, 5.41) is 8.99. The maximum Gasteiger partial charge on any atom is 0.321 e. The number of rotatable bonds is 7. The van der Waals surface area contributed by atoms with Gasteiger partial charge in [0.05, 0.1) is 10.5 Å². The van der Waals surface area contributed by atoms with E-state index in [1.54, 1.807) is 30.3 Å². The van der Waals surface area contributed by atoms with Crippen molar-refractivity contribution in [1.82, 2.24) is 4.72 Å². The number of carbonyl (C=O) groups excluding carboxylic acids is 2. The molecule has 0 heterocycles. The largest absolute Gasteiger partial charge is 0.453 e. The molecule has 7 nitrogen and oxygen atoms in total. The lowest BCUT2D eigenvalue weighted by Gasteiger charge is -2.13. The molecule has 27 heavy (non-hydrogen) atoms. The number of sulfonamides is 1. The minimum Gasteiger partial charge on any atom is -0.453 e.